The average Bonchev–Trinajstić information content (AvgIpc) is 3.14. The molecule has 0 aliphatic heterocycles. The number of ether oxygens (including phenoxy) is 1. The molecule has 0 spiro atoms. The van der Waals surface area contributed by atoms with Gasteiger partial charge >= 0.3 is 6.09 Å². The SMILES string of the molecule is O=C(NCCC(O)C(O)c1ccc(F)c(Cl)c1F)OCC1c2ccccc2-c2ccccc21. The third-order valence-corrected chi connectivity index (χ3v) is 6.15. The molecule has 0 heterocycles. The van der Waals surface area contributed by atoms with Crippen LogP contribution in [-0.2, 0) is 4.74 Å². The fourth-order valence-corrected chi connectivity index (χ4v) is 4.28. The normalized spacial score (nSPS) is 14.3. The number of benzene rings is 3. The number of carbonyl (C=O) groups is 1. The molecule has 172 valence electrons. The van der Waals surface area contributed by atoms with Gasteiger partial charge in [0.2, 0.25) is 0 Å². The fraction of sp³-hybridized carbons (Fsp3) is 0.240. The van der Waals surface area contributed by atoms with Crippen LogP contribution in [0.2, 0.25) is 5.02 Å². The fourth-order valence-electron chi connectivity index (χ4n) is 4.11. The van der Waals surface area contributed by atoms with E-state index < -0.39 is 35.0 Å². The molecule has 3 N–H and O–H groups in total. The van der Waals surface area contributed by atoms with Crippen LogP contribution >= 0.6 is 11.6 Å². The summed E-state index contributed by atoms with van der Waals surface area (Å²) in [5, 5.41) is 22.1. The van der Waals surface area contributed by atoms with Crippen LogP contribution in [0.1, 0.15) is 35.1 Å². The molecule has 3 aromatic carbocycles. The average molecular weight is 474 g/mol. The molecular formula is C25H22ClF2NO4. The summed E-state index contributed by atoms with van der Waals surface area (Å²) in [5.41, 5.74) is 4.09. The van der Waals surface area contributed by atoms with Crippen LogP contribution in [0.15, 0.2) is 60.7 Å². The van der Waals surface area contributed by atoms with Crippen LogP contribution in [0.5, 0.6) is 0 Å². The standard InChI is InChI=1S/C25H22ClF2NO4/c26-22-20(27)10-9-18(23(22)28)24(31)21(30)11-12-29-25(32)33-13-19-16-7-3-1-5-14(16)15-6-2-4-8-17(15)19/h1-10,19,21,24,30-31H,11-13H2,(H,29,32). The van der Waals surface area contributed by atoms with Crippen molar-refractivity contribution >= 4 is 17.7 Å². The number of alkyl carbamates (subject to hydrolysis) is 1. The molecule has 2 unspecified atom stereocenters. The van der Waals surface area contributed by atoms with Gasteiger partial charge in [-0.3, -0.25) is 0 Å². The number of nitrogens with one attached hydrogen (secondary N) is 1. The lowest BCUT2D eigenvalue weighted by Crippen LogP contribution is -2.31. The number of rotatable bonds is 7. The summed E-state index contributed by atoms with van der Waals surface area (Å²) in [6.07, 6.45) is -3.79. The summed E-state index contributed by atoms with van der Waals surface area (Å²) >= 11 is 5.51. The Morgan fingerprint density at radius 3 is 2.24 bits per heavy atom. The largest absolute Gasteiger partial charge is 0.449 e. The van der Waals surface area contributed by atoms with Crippen LogP contribution in [-0.4, -0.2) is 35.6 Å². The molecule has 0 fully saturated rings. The van der Waals surface area contributed by atoms with E-state index in [2.05, 4.69) is 5.32 Å². The molecule has 1 aliphatic rings. The smallest absolute Gasteiger partial charge is 0.407 e. The van der Waals surface area contributed by atoms with Crippen molar-refractivity contribution in [2.75, 3.05) is 13.2 Å². The molecule has 0 saturated carbocycles. The van der Waals surface area contributed by atoms with E-state index >= 15 is 0 Å². The van der Waals surface area contributed by atoms with Gasteiger partial charge in [0.15, 0.2) is 5.82 Å². The highest BCUT2D eigenvalue weighted by atomic mass is 35.5. The van der Waals surface area contributed by atoms with E-state index in [9.17, 15) is 23.8 Å². The van der Waals surface area contributed by atoms with Crippen molar-refractivity contribution in [2.24, 2.45) is 0 Å². The monoisotopic (exact) mass is 473 g/mol. The van der Waals surface area contributed by atoms with Crippen molar-refractivity contribution in [3.63, 3.8) is 0 Å². The molecule has 0 aromatic heterocycles. The number of aliphatic hydroxyl groups excluding tert-OH is 2. The topological polar surface area (TPSA) is 78.8 Å². The zero-order valence-corrected chi connectivity index (χ0v) is 18.2. The molecule has 5 nitrogen and oxygen atoms in total. The van der Waals surface area contributed by atoms with Crippen molar-refractivity contribution in [1.29, 1.82) is 0 Å². The maximum absolute atomic E-state index is 14.1. The Balaban J connectivity index is 1.30. The van der Waals surface area contributed by atoms with E-state index in [4.69, 9.17) is 16.3 Å². The van der Waals surface area contributed by atoms with Crippen molar-refractivity contribution in [3.8, 4) is 11.1 Å². The molecule has 0 radical (unpaired) electrons. The summed E-state index contributed by atoms with van der Waals surface area (Å²) in [7, 11) is 0. The van der Waals surface area contributed by atoms with Gasteiger partial charge in [0, 0.05) is 18.0 Å². The van der Waals surface area contributed by atoms with Gasteiger partial charge < -0.3 is 20.3 Å². The first kappa shape index (κ1) is 23.2. The number of fused-ring (bicyclic) bond motifs is 3. The predicted octanol–water partition coefficient (Wildman–Crippen LogP) is 4.94. The first-order valence-electron chi connectivity index (χ1n) is 10.5. The summed E-state index contributed by atoms with van der Waals surface area (Å²) in [6, 6.07) is 17.9. The van der Waals surface area contributed by atoms with Crippen LogP contribution in [0.3, 0.4) is 0 Å². The van der Waals surface area contributed by atoms with Crippen LogP contribution in [0.4, 0.5) is 13.6 Å². The third-order valence-electron chi connectivity index (χ3n) is 5.80. The summed E-state index contributed by atoms with van der Waals surface area (Å²) in [5.74, 6) is -2.17. The van der Waals surface area contributed by atoms with Gasteiger partial charge in [0.1, 0.15) is 23.6 Å². The number of hydrogen-bond acceptors (Lipinski definition) is 4. The van der Waals surface area contributed by atoms with E-state index in [1.54, 1.807) is 0 Å². The van der Waals surface area contributed by atoms with Gasteiger partial charge in [-0.15, -0.1) is 0 Å². The molecule has 33 heavy (non-hydrogen) atoms. The lowest BCUT2D eigenvalue weighted by Gasteiger charge is -2.19. The first-order chi connectivity index (χ1) is 15.9. The highest BCUT2D eigenvalue weighted by molar-refractivity contribution is 6.30. The molecular weight excluding hydrogens is 452 g/mol. The minimum atomic E-state index is -1.63. The maximum Gasteiger partial charge on any atom is 0.407 e. The van der Waals surface area contributed by atoms with E-state index in [-0.39, 0.29) is 31.1 Å². The minimum absolute atomic E-state index is 0.0224. The Morgan fingerprint density at radius 2 is 1.61 bits per heavy atom. The van der Waals surface area contributed by atoms with Crippen LogP contribution in [0, 0.1) is 11.6 Å². The Kier molecular flexibility index (Phi) is 6.93. The molecule has 0 saturated heterocycles. The van der Waals surface area contributed by atoms with Crippen molar-refractivity contribution in [2.45, 2.75) is 24.5 Å². The van der Waals surface area contributed by atoms with Crippen LogP contribution in [0.25, 0.3) is 11.1 Å². The Bertz CT molecular complexity index is 1130. The van der Waals surface area contributed by atoms with Gasteiger partial charge in [0.05, 0.1) is 6.10 Å². The van der Waals surface area contributed by atoms with Gasteiger partial charge in [0.25, 0.3) is 0 Å². The quantitative estimate of drug-likeness (QED) is 0.425. The first-order valence-corrected chi connectivity index (χ1v) is 10.8. The predicted molar refractivity (Wildman–Crippen MR) is 120 cm³/mol. The summed E-state index contributed by atoms with van der Waals surface area (Å²) < 4.78 is 32.7. The van der Waals surface area contributed by atoms with Gasteiger partial charge in [-0.2, -0.15) is 0 Å². The lowest BCUT2D eigenvalue weighted by molar-refractivity contribution is 0.0116. The molecule has 8 heteroatoms. The number of aliphatic hydroxyl groups is 2. The third kappa shape index (κ3) is 4.71. The highest BCUT2D eigenvalue weighted by Gasteiger charge is 2.29. The van der Waals surface area contributed by atoms with Gasteiger partial charge in [-0.25, -0.2) is 13.6 Å². The minimum Gasteiger partial charge on any atom is -0.449 e. The van der Waals surface area contributed by atoms with Gasteiger partial charge in [-0.1, -0.05) is 66.2 Å². The lowest BCUT2D eigenvalue weighted by atomic mass is 9.98. The molecule has 2 atom stereocenters. The number of carbonyl (C=O) groups excluding carboxylic acids is 1. The van der Waals surface area contributed by atoms with E-state index in [1.165, 1.54) is 0 Å². The summed E-state index contributed by atoms with van der Waals surface area (Å²) in [6.45, 7) is 0.121. The second kappa shape index (κ2) is 9.87. The molecule has 1 aliphatic carbocycles. The highest BCUT2D eigenvalue weighted by Crippen LogP contribution is 2.44. The molecule has 0 bridgehead atoms. The number of halogens is 3. The van der Waals surface area contributed by atoms with E-state index in [0.29, 0.717) is 0 Å². The molecule has 1 amide bonds. The van der Waals surface area contributed by atoms with Gasteiger partial charge in [-0.05, 0) is 34.7 Å². The Labute approximate surface area is 194 Å². The zero-order valence-electron chi connectivity index (χ0n) is 17.5. The Morgan fingerprint density at radius 1 is 1.00 bits per heavy atom. The molecule has 4 rings (SSSR count). The van der Waals surface area contributed by atoms with E-state index in [0.717, 1.165) is 34.4 Å². The molecule has 3 aromatic rings. The van der Waals surface area contributed by atoms with Crippen molar-refractivity contribution < 1.29 is 28.5 Å². The summed E-state index contributed by atoms with van der Waals surface area (Å²) in [4.78, 5) is 12.2. The van der Waals surface area contributed by atoms with E-state index in [1.807, 2.05) is 48.5 Å². The number of hydrogen-bond donors (Lipinski definition) is 3. The number of amides is 1. The second-order valence-corrected chi connectivity index (χ2v) is 8.20. The second-order valence-electron chi connectivity index (χ2n) is 7.82. The maximum atomic E-state index is 14.1. The van der Waals surface area contributed by atoms with Crippen LogP contribution < -0.4 is 5.32 Å². The van der Waals surface area contributed by atoms with Crippen molar-refractivity contribution in [1.82, 2.24) is 5.32 Å². The zero-order chi connectivity index (χ0) is 23.5. The van der Waals surface area contributed by atoms with Crippen molar-refractivity contribution in [3.05, 3.63) is 94.0 Å². The Hall–Kier alpha value is -3.00.